The number of allylic oxidation sites excluding steroid dienone is 2. The fourth-order valence-corrected chi connectivity index (χ4v) is 6.03. The van der Waals surface area contributed by atoms with E-state index in [1.165, 1.54) is 6.08 Å². The molecule has 0 unspecified atom stereocenters. The van der Waals surface area contributed by atoms with Crippen molar-refractivity contribution >= 4 is 5.97 Å². The van der Waals surface area contributed by atoms with Gasteiger partial charge in [0.2, 0.25) is 0 Å². The minimum Gasteiger partial charge on any atom is -0.478 e. The summed E-state index contributed by atoms with van der Waals surface area (Å²) in [5, 5.41) is 40.3. The molecule has 3 saturated heterocycles. The van der Waals surface area contributed by atoms with E-state index in [0.29, 0.717) is 6.42 Å². The zero-order valence-corrected chi connectivity index (χ0v) is 22.2. The lowest BCUT2D eigenvalue weighted by atomic mass is 9.73. The quantitative estimate of drug-likeness (QED) is 0.300. The Morgan fingerprint density at radius 3 is 2.39 bits per heavy atom. The number of carboxylic acids is 1. The fourth-order valence-electron chi connectivity index (χ4n) is 6.03. The number of aliphatic carboxylic acids is 1. The third kappa shape index (κ3) is 6.20. The van der Waals surface area contributed by atoms with E-state index in [0.717, 1.165) is 12.5 Å². The van der Waals surface area contributed by atoms with Crippen LogP contribution in [0.1, 0.15) is 60.8 Å². The molecule has 3 heterocycles. The average Bonchev–Trinajstić information content (AvgIpc) is 2.81. The number of hydrogen-bond donors (Lipinski definition) is 4. The van der Waals surface area contributed by atoms with Crippen LogP contribution in [0.5, 0.6) is 0 Å². The molecule has 0 saturated carbocycles. The highest BCUT2D eigenvalue weighted by atomic mass is 16.7. The molecular weight excluding hydrogens is 468 g/mol. The minimum atomic E-state index is -1.08. The van der Waals surface area contributed by atoms with Crippen LogP contribution in [0.2, 0.25) is 0 Å². The SMILES string of the molecule is CC[C@H]1[C@H](C)O[C@@]2(C[C@@H]1O[C@H]1C[C@H](O)[C@H](O)[C@H](C)O1)O[C@@H]([C@@H](C)/C=C/C=C/C(=O)O)[C@@H](C)[C@@H](O)[C@@H]2C. The fraction of sp³-hybridized carbons (Fsp3) is 0.815. The third-order valence-corrected chi connectivity index (χ3v) is 8.31. The summed E-state index contributed by atoms with van der Waals surface area (Å²) in [6.07, 6.45) is 2.80. The molecule has 9 heteroatoms. The van der Waals surface area contributed by atoms with Crippen molar-refractivity contribution < 1.29 is 44.2 Å². The molecule has 3 aliphatic rings. The van der Waals surface area contributed by atoms with Crippen molar-refractivity contribution in [2.75, 3.05) is 0 Å². The molecule has 4 N–H and O–H groups in total. The molecule has 36 heavy (non-hydrogen) atoms. The van der Waals surface area contributed by atoms with Crippen molar-refractivity contribution in [2.45, 2.75) is 116 Å². The summed E-state index contributed by atoms with van der Waals surface area (Å²) in [6, 6.07) is 0. The maximum Gasteiger partial charge on any atom is 0.328 e. The van der Waals surface area contributed by atoms with Crippen LogP contribution in [0, 0.1) is 23.7 Å². The highest BCUT2D eigenvalue weighted by Gasteiger charge is 2.58. The molecule has 13 atom stereocenters. The Hall–Kier alpha value is -1.33. The molecule has 206 valence electrons. The number of rotatable bonds is 7. The first-order valence-electron chi connectivity index (χ1n) is 13.2. The van der Waals surface area contributed by atoms with Crippen molar-refractivity contribution in [2.24, 2.45) is 23.7 Å². The van der Waals surface area contributed by atoms with Gasteiger partial charge < -0.3 is 39.4 Å². The van der Waals surface area contributed by atoms with Gasteiger partial charge in [0, 0.05) is 42.6 Å². The lowest BCUT2D eigenvalue weighted by Crippen LogP contribution is -2.65. The Morgan fingerprint density at radius 1 is 1.08 bits per heavy atom. The Balaban J connectivity index is 1.82. The second-order valence-corrected chi connectivity index (χ2v) is 10.8. The van der Waals surface area contributed by atoms with E-state index in [9.17, 15) is 20.1 Å². The highest BCUT2D eigenvalue weighted by molar-refractivity contribution is 5.80. The highest BCUT2D eigenvalue weighted by Crippen LogP contribution is 2.49. The zero-order chi connectivity index (χ0) is 26.8. The zero-order valence-electron chi connectivity index (χ0n) is 22.2. The van der Waals surface area contributed by atoms with Crippen molar-refractivity contribution in [3.63, 3.8) is 0 Å². The summed E-state index contributed by atoms with van der Waals surface area (Å²) in [5.41, 5.74) is 0. The van der Waals surface area contributed by atoms with Crippen LogP contribution in [0.3, 0.4) is 0 Å². The first-order chi connectivity index (χ1) is 16.9. The molecule has 0 bridgehead atoms. The average molecular weight is 513 g/mol. The molecule has 9 nitrogen and oxygen atoms in total. The van der Waals surface area contributed by atoms with Crippen LogP contribution in [0.4, 0.5) is 0 Å². The molecule has 0 radical (unpaired) electrons. The van der Waals surface area contributed by atoms with Crippen LogP contribution < -0.4 is 0 Å². The summed E-state index contributed by atoms with van der Waals surface area (Å²) in [7, 11) is 0. The van der Waals surface area contributed by atoms with Gasteiger partial charge in [-0.2, -0.15) is 0 Å². The lowest BCUT2D eigenvalue weighted by molar-refractivity contribution is -0.392. The number of carboxylic acid groups (broad SMARTS) is 1. The normalized spacial score (nSPS) is 47.0. The Kier molecular flexibility index (Phi) is 9.76. The van der Waals surface area contributed by atoms with Crippen LogP contribution in [-0.2, 0) is 23.7 Å². The molecule has 3 aliphatic heterocycles. The maximum absolute atomic E-state index is 11.2. The third-order valence-electron chi connectivity index (χ3n) is 8.31. The lowest BCUT2D eigenvalue weighted by Gasteiger charge is -2.57. The summed E-state index contributed by atoms with van der Waals surface area (Å²) in [6.45, 7) is 11.6. The van der Waals surface area contributed by atoms with E-state index >= 15 is 0 Å². The van der Waals surface area contributed by atoms with E-state index in [1.807, 2.05) is 33.8 Å². The van der Waals surface area contributed by atoms with Crippen molar-refractivity contribution in [3.05, 3.63) is 24.3 Å². The van der Waals surface area contributed by atoms with E-state index < -0.39 is 42.5 Å². The van der Waals surface area contributed by atoms with Gasteiger partial charge in [-0.05, 0) is 20.3 Å². The molecular formula is C27H44O9. The molecule has 0 aromatic heterocycles. The number of aliphatic hydroxyl groups is 3. The van der Waals surface area contributed by atoms with E-state index in [1.54, 1.807) is 13.0 Å². The predicted octanol–water partition coefficient (Wildman–Crippen LogP) is 2.62. The van der Waals surface area contributed by atoms with Gasteiger partial charge in [0.15, 0.2) is 12.1 Å². The van der Waals surface area contributed by atoms with Gasteiger partial charge in [0.05, 0.1) is 36.6 Å². The Bertz CT molecular complexity index is 788. The van der Waals surface area contributed by atoms with Crippen LogP contribution >= 0.6 is 0 Å². The topological polar surface area (TPSA) is 135 Å². The molecule has 0 aromatic carbocycles. The summed E-state index contributed by atoms with van der Waals surface area (Å²) >= 11 is 0. The van der Waals surface area contributed by atoms with Crippen molar-refractivity contribution in [3.8, 4) is 0 Å². The summed E-state index contributed by atoms with van der Waals surface area (Å²) in [4.78, 5) is 10.7. The van der Waals surface area contributed by atoms with Gasteiger partial charge >= 0.3 is 5.97 Å². The van der Waals surface area contributed by atoms with Crippen molar-refractivity contribution in [1.82, 2.24) is 0 Å². The summed E-state index contributed by atoms with van der Waals surface area (Å²) < 4.78 is 25.5. The van der Waals surface area contributed by atoms with E-state index in [4.69, 9.17) is 24.1 Å². The Morgan fingerprint density at radius 2 is 1.78 bits per heavy atom. The van der Waals surface area contributed by atoms with Crippen LogP contribution in [0.15, 0.2) is 24.3 Å². The first-order valence-corrected chi connectivity index (χ1v) is 13.2. The van der Waals surface area contributed by atoms with Crippen LogP contribution in [0.25, 0.3) is 0 Å². The largest absolute Gasteiger partial charge is 0.478 e. The smallest absolute Gasteiger partial charge is 0.328 e. The van der Waals surface area contributed by atoms with Crippen LogP contribution in [-0.4, -0.2) is 81.2 Å². The molecule has 0 aromatic rings. The van der Waals surface area contributed by atoms with E-state index in [2.05, 4.69) is 6.92 Å². The van der Waals surface area contributed by atoms with Gasteiger partial charge in [-0.1, -0.05) is 45.9 Å². The second kappa shape index (κ2) is 12.0. The second-order valence-electron chi connectivity index (χ2n) is 10.8. The minimum absolute atomic E-state index is 0.0581. The Labute approximate surface area is 214 Å². The van der Waals surface area contributed by atoms with Gasteiger partial charge in [-0.3, -0.25) is 0 Å². The molecule has 0 aliphatic carbocycles. The summed E-state index contributed by atoms with van der Waals surface area (Å²) in [5.74, 6) is -2.64. The molecule has 1 spiro atoms. The number of hydrogen-bond acceptors (Lipinski definition) is 8. The number of ether oxygens (including phenoxy) is 4. The standard InChI is InChI=1S/C27H44O9/c1-7-19-17(5)35-27(13-21(19)34-23-12-20(28)25(32)18(6)33-23)16(4)24(31)15(3)26(36-27)14(2)10-8-9-11-22(29)30/h8-11,14-21,23-26,28,31-32H,7,12-13H2,1-6H3,(H,29,30)/b10-8+,11-9+/t14-,15-,16-,17-,18-,19-,20-,21-,23-,24+,25+,26-,27-/m0/s1. The predicted molar refractivity (Wildman–Crippen MR) is 132 cm³/mol. The molecule has 3 rings (SSSR count). The van der Waals surface area contributed by atoms with Crippen molar-refractivity contribution in [1.29, 1.82) is 0 Å². The molecule has 3 fully saturated rings. The van der Waals surface area contributed by atoms with Gasteiger partial charge in [-0.25, -0.2) is 4.79 Å². The van der Waals surface area contributed by atoms with Gasteiger partial charge in [0.25, 0.3) is 0 Å². The first kappa shape index (κ1) is 29.2. The maximum atomic E-state index is 11.2. The number of aliphatic hydroxyl groups excluding tert-OH is 3. The monoisotopic (exact) mass is 512 g/mol. The molecule has 0 amide bonds. The number of carbonyl (C=O) groups is 1. The van der Waals surface area contributed by atoms with Gasteiger partial charge in [-0.15, -0.1) is 0 Å². The van der Waals surface area contributed by atoms with Gasteiger partial charge in [0.1, 0.15) is 6.10 Å². The van der Waals surface area contributed by atoms with E-state index in [-0.39, 0.29) is 48.4 Å².